The summed E-state index contributed by atoms with van der Waals surface area (Å²) in [6.07, 6.45) is -1.32. The maximum absolute atomic E-state index is 15.0. The number of halogens is 2. The van der Waals surface area contributed by atoms with Crippen molar-refractivity contribution in [2.45, 2.75) is 52.7 Å². The van der Waals surface area contributed by atoms with E-state index in [1.165, 1.54) is 6.07 Å². The van der Waals surface area contributed by atoms with Crippen molar-refractivity contribution in [1.82, 2.24) is 5.32 Å². The highest BCUT2D eigenvalue weighted by atomic mass is 35.5. The number of aryl methyl sites for hydroxylation is 2. The average Bonchev–Trinajstić information content (AvgIpc) is 2.54. The van der Waals surface area contributed by atoms with Gasteiger partial charge in [0, 0.05) is 16.1 Å². The molecule has 2 aromatic rings. The lowest BCUT2D eigenvalue weighted by Crippen LogP contribution is -2.36. The average molecular weight is 422 g/mol. The minimum atomic E-state index is -1.18. The first-order valence-electron chi connectivity index (χ1n) is 9.16. The minimum Gasteiger partial charge on any atom is -0.481 e. The van der Waals surface area contributed by atoms with Crippen LogP contribution in [-0.2, 0) is 9.53 Å². The third kappa shape index (κ3) is 5.94. The van der Waals surface area contributed by atoms with Crippen molar-refractivity contribution in [3.05, 3.63) is 57.9 Å². The zero-order chi connectivity index (χ0) is 21.9. The van der Waals surface area contributed by atoms with E-state index in [0.717, 1.165) is 11.1 Å². The van der Waals surface area contributed by atoms with Gasteiger partial charge in [0.2, 0.25) is 0 Å². The van der Waals surface area contributed by atoms with Gasteiger partial charge in [0.1, 0.15) is 11.4 Å². The van der Waals surface area contributed by atoms with Crippen LogP contribution in [0, 0.1) is 19.7 Å². The highest BCUT2D eigenvalue weighted by molar-refractivity contribution is 6.33. The Morgan fingerprint density at radius 3 is 2.41 bits per heavy atom. The maximum Gasteiger partial charge on any atom is 0.408 e. The Hall–Kier alpha value is -2.60. The lowest BCUT2D eigenvalue weighted by atomic mass is 9.93. The third-order valence-electron chi connectivity index (χ3n) is 4.24. The van der Waals surface area contributed by atoms with E-state index in [1.54, 1.807) is 39.8 Å². The molecule has 2 aromatic carbocycles. The molecule has 1 amide bonds. The number of aliphatic carboxylic acids is 1. The quantitative estimate of drug-likeness (QED) is 0.639. The second-order valence-corrected chi connectivity index (χ2v) is 8.33. The van der Waals surface area contributed by atoms with Gasteiger partial charge in [-0.3, -0.25) is 4.79 Å². The first kappa shape index (κ1) is 22.7. The van der Waals surface area contributed by atoms with Gasteiger partial charge in [0.25, 0.3) is 0 Å². The molecule has 0 bridgehead atoms. The zero-order valence-corrected chi connectivity index (χ0v) is 17.9. The second kappa shape index (κ2) is 8.82. The number of carbonyl (C=O) groups excluding carboxylic acids is 1. The molecule has 1 atom stereocenters. The molecule has 0 aliphatic rings. The monoisotopic (exact) mass is 421 g/mol. The fourth-order valence-electron chi connectivity index (χ4n) is 3.06. The summed E-state index contributed by atoms with van der Waals surface area (Å²) < 4.78 is 20.2. The van der Waals surface area contributed by atoms with Gasteiger partial charge >= 0.3 is 12.1 Å². The molecule has 7 heteroatoms. The van der Waals surface area contributed by atoms with Crippen LogP contribution in [-0.4, -0.2) is 22.8 Å². The number of carboxylic acids is 1. The van der Waals surface area contributed by atoms with Crippen LogP contribution in [0.15, 0.2) is 30.3 Å². The number of hydrogen-bond acceptors (Lipinski definition) is 3. The Morgan fingerprint density at radius 2 is 1.86 bits per heavy atom. The third-order valence-corrected chi connectivity index (χ3v) is 4.55. The van der Waals surface area contributed by atoms with Gasteiger partial charge in [-0.2, -0.15) is 0 Å². The molecule has 0 fully saturated rings. The molecule has 0 aliphatic carbocycles. The Balaban J connectivity index is 2.54. The summed E-state index contributed by atoms with van der Waals surface area (Å²) in [6, 6.07) is 7.50. The van der Waals surface area contributed by atoms with E-state index in [9.17, 15) is 19.1 Å². The van der Waals surface area contributed by atoms with E-state index in [0.29, 0.717) is 16.1 Å². The number of amides is 1. The number of carbonyl (C=O) groups is 2. The van der Waals surface area contributed by atoms with Crippen molar-refractivity contribution >= 4 is 23.7 Å². The molecule has 0 radical (unpaired) electrons. The lowest BCUT2D eigenvalue weighted by molar-refractivity contribution is -0.137. The molecule has 0 saturated carbocycles. The second-order valence-electron chi connectivity index (χ2n) is 7.92. The van der Waals surface area contributed by atoms with Crippen LogP contribution >= 0.6 is 11.6 Å². The van der Waals surface area contributed by atoms with Crippen molar-refractivity contribution in [2.75, 3.05) is 0 Å². The number of rotatable bonds is 5. The van der Waals surface area contributed by atoms with E-state index in [1.807, 2.05) is 19.1 Å². The van der Waals surface area contributed by atoms with Crippen molar-refractivity contribution in [3.63, 3.8) is 0 Å². The molecule has 0 spiro atoms. The SMILES string of the molecule is Cc1cc(-c2c(C)cccc2Cl)cc(C(CC(=O)O)NC(=O)OC(C)(C)C)c1F. The molecule has 2 N–H and O–H groups in total. The van der Waals surface area contributed by atoms with Crippen molar-refractivity contribution in [3.8, 4) is 11.1 Å². The molecule has 1 unspecified atom stereocenters. The van der Waals surface area contributed by atoms with Crippen LogP contribution in [0.25, 0.3) is 11.1 Å². The normalized spacial score (nSPS) is 12.4. The van der Waals surface area contributed by atoms with Gasteiger partial charge < -0.3 is 15.2 Å². The van der Waals surface area contributed by atoms with E-state index < -0.39 is 35.9 Å². The van der Waals surface area contributed by atoms with Gasteiger partial charge in [-0.25, -0.2) is 9.18 Å². The Labute approximate surface area is 174 Å². The standard InChI is InChI=1S/C22H25ClFNO4/c1-12-7-6-8-16(23)19(12)14-9-13(2)20(24)15(10-14)17(11-18(26)27)25-21(28)29-22(3,4)5/h6-10,17H,11H2,1-5H3,(H,25,28)(H,26,27). The minimum absolute atomic E-state index is 0.0626. The molecule has 0 aromatic heterocycles. The van der Waals surface area contributed by atoms with Crippen molar-refractivity contribution < 1.29 is 23.8 Å². The summed E-state index contributed by atoms with van der Waals surface area (Å²) in [5.41, 5.74) is 1.87. The molecule has 0 heterocycles. The summed E-state index contributed by atoms with van der Waals surface area (Å²) in [4.78, 5) is 23.6. The summed E-state index contributed by atoms with van der Waals surface area (Å²) in [5, 5.41) is 12.3. The Morgan fingerprint density at radius 1 is 1.21 bits per heavy atom. The van der Waals surface area contributed by atoms with Crippen LogP contribution in [0.2, 0.25) is 5.02 Å². The number of nitrogens with one attached hydrogen (secondary N) is 1. The van der Waals surface area contributed by atoms with Crippen LogP contribution in [0.1, 0.15) is 49.9 Å². The summed E-state index contributed by atoms with van der Waals surface area (Å²) >= 11 is 6.35. The molecule has 2 rings (SSSR count). The maximum atomic E-state index is 15.0. The lowest BCUT2D eigenvalue weighted by Gasteiger charge is -2.24. The zero-order valence-electron chi connectivity index (χ0n) is 17.1. The highest BCUT2D eigenvalue weighted by Gasteiger charge is 2.26. The topological polar surface area (TPSA) is 75.6 Å². The molecular weight excluding hydrogens is 397 g/mol. The summed E-state index contributed by atoms with van der Waals surface area (Å²) in [5.74, 6) is -1.76. The Bertz CT molecular complexity index is 917. The largest absolute Gasteiger partial charge is 0.481 e. The van der Waals surface area contributed by atoms with Crippen molar-refractivity contribution in [2.24, 2.45) is 0 Å². The number of ether oxygens (including phenoxy) is 1. The molecule has 0 saturated heterocycles. The van der Waals surface area contributed by atoms with Crippen molar-refractivity contribution in [1.29, 1.82) is 0 Å². The predicted molar refractivity (Wildman–Crippen MR) is 111 cm³/mol. The van der Waals surface area contributed by atoms with Gasteiger partial charge in [0.15, 0.2) is 0 Å². The summed E-state index contributed by atoms with van der Waals surface area (Å²) in [6.45, 7) is 8.52. The fourth-order valence-corrected chi connectivity index (χ4v) is 3.39. The number of alkyl carbamates (subject to hydrolysis) is 1. The van der Waals surface area contributed by atoms with E-state index in [-0.39, 0.29) is 5.56 Å². The molecular formula is C22H25ClFNO4. The van der Waals surface area contributed by atoms with Gasteiger partial charge in [-0.05, 0) is 69.5 Å². The smallest absolute Gasteiger partial charge is 0.408 e. The van der Waals surface area contributed by atoms with E-state index in [4.69, 9.17) is 16.3 Å². The molecule has 0 aliphatic heterocycles. The van der Waals surface area contributed by atoms with Gasteiger partial charge in [-0.1, -0.05) is 23.7 Å². The van der Waals surface area contributed by atoms with Crippen LogP contribution < -0.4 is 5.32 Å². The first-order chi connectivity index (χ1) is 13.4. The first-order valence-corrected chi connectivity index (χ1v) is 9.53. The predicted octanol–water partition coefficient (Wildman–Crippen LogP) is 5.80. The molecule has 29 heavy (non-hydrogen) atoms. The van der Waals surface area contributed by atoms with E-state index >= 15 is 0 Å². The number of benzene rings is 2. The number of carboxylic acid groups (broad SMARTS) is 1. The highest BCUT2D eigenvalue weighted by Crippen LogP contribution is 2.35. The fraction of sp³-hybridized carbons (Fsp3) is 0.364. The van der Waals surface area contributed by atoms with Crippen LogP contribution in [0.4, 0.5) is 9.18 Å². The van der Waals surface area contributed by atoms with Crippen LogP contribution in [0.5, 0.6) is 0 Å². The van der Waals surface area contributed by atoms with Gasteiger partial charge in [-0.15, -0.1) is 0 Å². The van der Waals surface area contributed by atoms with Crippen LogP contribution in [0.3, 0.4) is 0 Å². The summed E-state index contributed by atoms with van der Waals surface area (Å²) in [7, 11) is 0. The molecule has 156 valence electrons. The molecule has 5 nitrogen and oxygen atoms in total. The van der Waals surface area contributed by atoms with E-state index in [2.05, 4.69) is 5.32 Å². The Kier molecular flexibility index (Phi) is 6.90. The number of hydrogen-bond donors (Lipinski definition) is 2. The van der Waals surface area contributed by atoms with Gasteiger partial charge in [0.05, 0.1) is 12.5 Å².